The number of carbonyl (C=O) groups is 3. The number of anilines is 1. The minimum absolute atomic E-state index is 0.0601. The van der Waals surface area contributed by atoms with E-state index in [2.05, 4.69) is 15.6 Å². The van der Waals surface area contributed by atoms with Gasteiger partial charge in [-0.15, -0.1) is 0 Å². The predicted molar refractivity (Wildman–Crippen MR) is 105 cm³/mol. The quantitative estimate of drug-likeness (QED) is 0.735. The zero-order valence-corrected chi connectivity index (χ0v) is 15.7. The normalized spacial score (nSPS) is 14.3. The van der Waals surface area contributed by atoms with E-state index in [9.17, 15) is 14.4 Å². The SMILES string of the molecule is Cc1nc(C(=O)Nc2ccc(C(=O)NC3CCCCC3)cc2)ccc1C(=O)O. The molecule has 1 aliphatic rings. The largest absolute Gasteiger partial charge is 0.478 e. The standard InChI is InChI=1S/C21H23N3O4/c1-13-17(21(27)28)11-12-18(22-13)20(26)24-16-9-7-14(8-10-16)19(25)23-15-5-3-2-4-6-15/h7-12,15H,2-6H2,1H3,(H,23,25)(H,24,26)(H,27,28). The van der Waals surface area contributed by atoms with Gasteiger partial charge in [-0.05, 0) is 56.2 Å². The Hall–Kier alpha value is -3.22. The number of carboxylic acid groups (broad SMARTS) is 1. The molecule has 2 aromatic rings. The van der Waals surface area contributed by atoms with Gasteiger partial charge < -0.3 is 15.7 Å². The van der Waals surface area contributed by atoms with Crippen LogP contribution in [0.4, 0.5) is 5.69 Å². The lowest BCUT2D eigenvalue weighted by atomic mass is 9.95. The number of amides is 2. The van der Waals surface area contributed by atoms with Crippen molar-refractivity contribution in [2.75, 3.05) is 5.32 Å². The Morgan fingerprint density at radius 2 is 1.64 bits per heavy atom. The second kappa shape index (κ2) is 8.65. The fourth-order valence-corrected chi connectivity index (χ4v) is 3.33. The number of hydrogen-bond donors (Lipinski definition) is 3. The van der Waals surface area contributed by atoms with Crippen molar-refractivity contribution in [1.82, 2.24) is 10.3 Å². The van der Waals surface area contributed by atoms with Crippen molar-refractivity contribution in [1.29, 1.82) is 0 Å². The molecule has 1 aromatic carbocycles. The molecule has 0 aliphatic heterocycles. The maximum absolute atomic E-state index is 12.3. The third-order valence-electron chi connectivity index (χ3n) is 4.89. The van der Waals surface area contributed by atoms with Gasteiger partial charge in [-0.2, -0.15) is 0 Å². The summed E-state index contributed by atoms with van der Waals surface area (Å²) in [5.41, 5.74) is 1.53. The molecule has 7 nitrogen and oxygen atoms in total. The smallest absolute Gasteiger partial charge is 0.337 e. The van der Waals surface area contributed by atoms with Crippen LogP contribution >= 0.6 is 0 Å². The summed E-state index contributed by atoms with van der Waals surface area (Å²) in [5.74, 6) is -1.63. The Morgan fingerprint density at radius 1 is 0.964 bits per heavy atom. The van der Waals surface area contributed by atoms with Crippen LogP contribution in [0.15, 0.2) is 36.4 Å². The van der Waals surface area contributed by atoms with Crippen LogP contribution < -0.4 is 10.6 Å². The van der Waals surface area contributed by atoms with Gasteiger partial charge >= 0.3 is 5.97 Å². The summed E-state index contributed by atoms with van der Waals surface area (Å²) in [4.78, 5) is 39.7. The number of carboxylic acids is 1. The number of nitrogens with zero attached hydrogens (tertiary/aromatic N) is 1. The predicted octanol–water partition coefficient (Wildman–Crippen LogP) is 3.40. The molecule has 0 unspecified atom stereocenters. The average Bonchev–Trinajstić information content (AvgIpc) is 2.69. The summed E-state index contributed by atoms with van der Waals surface area (Å²) in [6, 6.07) is 9.62. The summed E-state index contributed by atoms with van der Waals surface area (Å²) in [5, 5.41) is 14.8. The second-order valence-corrected chi connectivity index (χ2v) is 6.97. The van der Waals surface area contributed by atoms with Crippen LogP contribution in [0.3, 0.4) is 0 Å². The first-order valence-electron chi connectivity index (χ1n) is 9.37. The highest BCUT2D eigenvalue weighted by Crippen LogP contribution is 2.18. The highest BCUT2D eigenvalue weighted by molar-refractivity contribution is 6.03. The molecule has 3 N–H and O–H groups in total. The second-order valence-electron chi connectivity index (χ2n) is 6.97. The minimum Gasteiger partial charge on any atom is -0.478 e. The molecular formula is C21H23N3O4. The van der Waals surface area contributed by atoms with Crippen LogP contribution in [0.2, 0.25) is 0 Å². The van der Waals surface area contributed by atoms with Crippen molar-refractivity contribution >= 4 is 23.5 Å². The van der Waals surface area contributed by atoms with Gasteiger partial charge in [-0.25, -0.2) is 9.78 Å². The lowest BCUT2D eigenvalue weighted by Gasteiger charge is -2.22. The molecule has 1 fully saturated rings. The summed E-state index contributed by atoms with van der Waals surface area (Å²) >= 11 is 0. The van der Waals surface area contributed by atoms with E-state index >= 15 is 0 Å². The first-order chi connectivity index (χ1) is 13.4. The molecule has 0 radical (unpaired) electrons. The van der Waals surface area contributed by atoms with Crippen LogP contribution in [0.5, 0.6) is 0 Å². The maximum atomic E-state index is 12.3. The van der Waals surface area contributed by atoms with Gasteiger partial charge in [0.05, 0.1) is 11.3 Å². The number of aromatic carboxylic acids is 1. The van der Waals surface area contributed by atoms with E-state index < -0.39 is 11.9 Å². The highest BCUT2D eigenvalue weighted by Gasteiger charge is 2.17. The zero-order chi connectivity index (χ0) is 20.1. The van der Waals surface area contributed by atoms with Crippen molar-refractivity contribution in [2.45, 2.75) is 45.1 Å². The van der Waals surface area contributed by atoms with E-state index in [1.54, 1.807) is 31.2 Å². The van der Waals surface area contributed by atoms with E-state index in [1.807, 2.05) is 0 Å². The number of aryl methyl sites for hydroxylation is 1. The minimum atomic E-state index is -1.08. The molecule has 7 heteroatoms. The first-order valence-corrected chi connectivity index (χ1v) is 9.37. The van der Waals surface area contributed by atoms with Crippen molar-refractivity contribution in [3.8, 4) is 0 Å². The summed E-state index contributed by atoms with van der Waals surface area (Å²) in [6.07, 6.45) is 5.57. The molecule has 1 heterocycles. The Morgan fingerprint density at radius 3 is 2.25 bits per heavy atom. The number of pyridine rings is 1. The van der Waals surface area contributed by atoms with Crippen molar-refractivity contribution < 1.29 is 19.5 Å². The topological polar surface area (TPSA) is 108 Å². The number of rotatable bonds is 5. The molecule has 1 aromatic heterocycles. The number of hydrogen-bond acceptors (Lipinski definition) is 4. The van der Waals surface area contributed by atoms with Gasteiger partial charge in [-0.1, -0.05) is 19.3 Å². The number of nitrogens with one attached hydrogen (secondary N) is 2. The van der Waals surface area contributed by atoms with Gasteiger partial charge in [0.25, 0.3) is 11.8 Å². The molecule has 2 amide bonds. The fourth-order valence-electron chi connectivity index (χ4n) is 3.33. The van der Waals surface area contributed by atoms with Crippen LogP contribution in [-0.4, -0.2) is 33.9 Å². The van der Waals surface area contributed by atoms with E-state index in [1.165, 1.54) is 18.6 Å². The monoisotopic (exact) mass is 381 g/mol. The van der Waals surface area contributed by atoms with Crippen molar-refractivity contribution in [2.24, 2.45) is 0 Å². The molecule has 0 spiro atoms. The molecule has 0 bridgehead atoms. The third-order valence-corrected chi connectivity index (χ3v) is 4.89. The molecule has 28 heavy (non-hydrogen) atoms. The van der Waals surface area contributed by atoms with Gasteiger partial charge in [0.1, 0.15) is 5.69 Å². The van der Waals surface area contributed by atoms with Crippen LogP contribution in [-0.2, 0) is 0 Å². The molecule has 3 rings (SSSR count). The van der Waals surface area contributed by atoms with Gasteiger partial charge in [0, 0.05) is 17.3 Å². The highest BCUT2D eigenvalue weighted by atomic mass is 16.4. The molecular weight excluding hydrogens is 358 g/mol. The fraction of sp³-hybridized carbons (Fsp3) is 0.333. The van der Waals surface area contributed by atoms with Gasteiger partial charge in [-0.3, -0.25) is 9.59 Å². The van der Waals surface area contributed by atoms with E-state index in [0.717, 1.165) is 25.7 Å². The number of carbonyl (C=O) groups excluding carboxylic acids is 2. The van der Waals surface area contributed by atoms with Crippen LogP contribution in [0.25, 0.3) is 0 Å². The summed E-state index contributed by atoms with van der Waals surface area (Å²) < 4.78 is 0. The lowest BCUT2D eigenvalue weighted by Crippen LogP contribution is -2.36. The Labute approximate surface area is 163 Å². The summed E-state index contributed by atoms with van der Waals surface area (Å²) in [6.45, 7) is 1.54. The molecule has 146 valence electrons. The molecule has 1 aliphatic carbocycles. The summed E-state index contributed by atoms with van der Waals surface area (Å²) in [7, 11) is 0. The third kappa shape index (κ3) is 4.73. The van der Waals surface area contributed by atoms with E-state index in [4.69, 9.17) is 5.11 Å². The van der Waals surface area contributed by atoms with E-state index in [-0.39, 0.29) is 28.9 Å². The number of aromatic nitrogens is 1. The van der Waals surface area contributed by atoms with Crippen LogP contribution in [0.1, 0.15) is 69.0 Å². The Kier molecular flexibility index (Phi) is 6.03. The molecule has 0 atom stereocenters. The van der Waals surface area contributed by atoms with Crippen LogP contribution in [0, 0.1) is 6.92 Å². The first kappa shape index (κ1) is 19.5. The van der Waals surface area contributed by atoms with E-state index in [0.29, 0.717) is 11.3 Å². The van der Waals surface area contributed by atoms with Gasteiger partial charge in [0.2, 0.25) is 0 Å². The van der Waals surface area contributed by atoms with Crippen molar-refractivity contribution in [3.63, 3.8) is 0 Å². The molecule has 1 saturated carbocycles. The molecule has 0 saturated heterocycles. The van der Waals surface area contributed by atoms with Gasteiger partial charge in [0.15, 0.2) is 0 Å². The Balaban J connectivity index is 1.62. The zero-order valence-electron chi connectivity index (χ0n) is 15.7. The number of benzene rings is 1. The Bertz CT molecular complexity index is 887. The lowest BCUT2D eigenvalue weighted by molar-refractivity contribution is 0.0694. The van der Waals surface area contributed by atoms with Crippen molar-refractivity contribution in [3.05, 3.63) is 58.9 Å². The maximum Gasteiger partial charge on any atom is 0.337 e. The average molecular weight is 381 g/mol.